The second-order valence-corrected chi connectivity index (χ2v) is 8.19. The lowest BCUT2D eigenvalue weighted by molar-refractivity contribution is -0.137. The smallest absolute Gasteiger partial charge is 0.416 e. The van der Waals surface area contributed by atoms with E-state index >= 15 is 0 Å². The van der Waals surface area contributed by atoms with Crippen LogP contribution < -0.4 is 10.2 Å². The largest absolute Gasteiger partial charge is 0.488 e. The van der Waals surface area contributed by atoms with Crippen molar-refractivity contribution in [1.82, 2.24) is 5.43 Å². The van der Waals surface area contributed by atoms with Crippen LogP contribution in [0, 0.1) is 0 Å². The van der Waals surface area contributed by atoms with E-state index in [9.17, 15) is 18.0 Å². The van der Waals surface area contributed by atoms with Gasteiger partial charge in [-0.25, -0.2) is 5.43 Å². The molecule has 0 aliphatic rings. The van der Waals surface area contributed by atoms with E-state index in [1.54, 1.807) is 36.4 Å². The summed E-state index contributed by atoms with van der Waals surface area (Å²) in [5.41, 5.74) is 2.54. The Morgan fingerprint density at radius 1 is 1.09 bits per heavy atom. The molecule has 32 heavy (non-hydrogen) atoms. The molecule has 0 saturated carbocycles. The van der Waals surface area contributed by atoms with Crippen LogP contribution in [0.4, 0.5) is 13.2 Å². The quantitative estimate of drug-likeness (QED) is 0.265. The number of nitrogens with one attached hydrogen (secondary N) is 1. The number of hydrogen-bond donors (Lipinski definition) is 1. The van der Waals surface area contributed by atoms with Crippen LogP contribution in [-0.4, -0.2) is 12.1 Å². The summed E-state index contributed by atoms with van der Waals surface area (Å²) < 4.78 is 44.7. The number of benzene rings is 3. The monoisotopic (exact) mass is 544 g/mol. The standard InChI is InChI=1S/C22H14BrCl2F3N2O2/c23-18-8-13(4-7-20(18)32-12-15-5-6-17(24)10-19(15)25)11-29-30-21(31)14-2-1-3-16(9-14)22(26,27)28/h1-11H,12H2,(H,30,31)/b29-11-. The van der Waals surface area contributed by atoms with Gasteiger partial charge in [0.15, 0.2) is 0 Å². The highest BCUT2D eigenvalue weighted by molar-refractivity contribution is 9.10. The minimum absolute atomic E-state index is 0.150. The number of amides is 1. The maximum absolute atomic E-state index is 12.8. The van der Waals surface area contributed by atoms with E-state index in [1.807, 2.05) is 0 Å². The lowest BCUT2D eigenvalue weighted by Crippen LogP contribution is -2.18. The van der Waals surface area contributed by atoms with E-state index in [4.69, 9.17) is 27.9 Å². The molecule has 1 amide bonds. The third kappa shape index (κ3) is 6.48. The lowest BCUT2D eigenvalue weighted by Gasteiger charge is -2.10. The molecule has 0 aliphatic heterocycles. The van der Waals surface area contributed by atoms with Gasteiger partial charge >= 0.3 is 6.18 Å². The van der Waals surface area contributed by atoms with E-state index in [2.05, 4.69) is 26.5 Å². The van der Waals surface area contributed by atoms with Crippen LogP contribution in [-0.2, 0) is 12.8 Å². The Balaban J connectivity index is 1.61. The predicted octanol–water partition coefficient (Wildman–Crippen LogP) is 7.12. The normalized spacial score (nSPS) is 11.6. The molecule has 3 aromatic carbocycles. The molecule has 3 aromatic rings. The van der Waals surface area contributed by atoms with Gasteiger partial charge in [0.1, 0.15) is 12.4 Å². The van der Waals surface area contributed by atoms with Gasteiger partial charge in [0, 0.05) is 21.2 Å². The van der Waals surface area contributed by atoms with Gasteiger partial charge in [-0.05, 0) is 70.0 Å². The first kappa shape index (κ1) is 24.1. The fraction of sp³-hybridized carbons (Fsp3) is 0.0909. The third-order valence-corrected chi connectivity index (χ3v) is 5.39. The number of hydrazone groups is 1. The molecule has 1 N–H and O–H groups in total. The first-order valence-corrected chi connectivity index (χ1v) is 10.6. The minimum atomic E-state index is -4.53. The summed E-state index contributed by atoms with van der Waals surface area (Å²) in [6.45, 7) is 0.231. The SMILES string of the molecule is O=C(N/N=C\c1ccc(OCc2ccc(Cl)cc2Cl)c(Br)c1)c1cccc(C(F)(F)F)c1. The Morgan fingerprint density at radius 2 is 1.88 bits per heavy atom. The molecule has 0 fully saturated rings. The van der Waals surface area contributed by atoms with Crippen LogP contribution in [0.1, 0.15) is 27.0 Å². The minimum Gasteiger partial charge on any atom is -0.488 e. The molecule has 0 aliphatic carbocycles. The average Bonchev–Trinajstić information content (AvgIpc) is 2.73. The van der Waals surface area contributed by atoms with Crippen molar-refractivity contribution in [2.75, 3.05) is 0 Å². The van der Waals surface area contributed by atoms with Gasteiger partial charge in [-0.1, -0.05) is 35.3 Å². The molecule has 0 atom stereocenters. The molecule has 10 heteroatoms. The van der Waals surface area contributed by atoms with Crippen LogP contribution in [0.25, 0.3) is 0 Å². The van der Waals surface area contributed by atoms with Crippen molar-refractivity contribution in [3.63, 3.8) is 0 Å². The summed E-state index contributed by atoms with van der Waals surface area (Å²) in [7, 11) is 0. The fourth-order valence-electron chi connectivity index (χ4n) is 2.58. The molecule has 0 bridgehead atoms. The predicted molar refractivity (Wildman–Crippen MR) is 121 cm³/mol. The van der Waals surface area contributed by atoms with Crippen molar-refractivity contribution in [2.45, 2.75) is 12.8 Å². The highest BCUT2D eigenvalue weighted by Crippen LogP contribution is 2.30. The molecule has 166 valence electrons. The second-order valence-electron chi connectivity index (χ2n) is 6.49. The van der Waals surface area contributed by atoms with Gasteiger partial charge in [0.2, 0.25) is 0 Å². The molecular formula is C22H14BrCl2F3N2O2. The zero-order valence-corrected chi connectivity index (χ0v) is 19.2. The molecule has 0 saturated heterocycles. The summed E-state index contributed by atoms with van der Waals surface area (Å²) >= 11 is 15.4. The van der Waals surface area contributed by atoms with E-state index in [0.717, 1.165) is 23.8 Å². The summed E-state index contributed by atoms with van der Waals surface area (Å²) in [6, 6.07) is 14.3. The molecule has 0 unspecified atom stereocenters. The molecule has 0 aromatic heterocycles. The molecule has 4 nitrogen and oxygen atoms in total. The van der Waals surface area contributed by atoms with Crippen molar-refractivity contribution in [3.8, 4) is 5.75 Å². The molecular weight excluding hydrogens is 532 g/mol. The molecule has 3 rings (SSSR count). The summed E-state index contributed by atoms with van der Waals surface area (Å²) in [5, 5.41) is 4.82. The van der Waals surface area contributed by atoms with E-state index in [0.29, 0.717) is 25.8 Å². The number of rotatable bonds is 6. The van der Waals surface area contributed by atoms with Crippen LogP contribution in [0.2, 0.25) is 10.0 Å². The van der Waals surface area contributed by atoms with Crippen molar-refractivity contribution >= 4 is 51.3 Å². The van der Waals surface area contributed by atoms with Gasteiger partial charge in [0.05, 0.1) is 16.3 Å². The maximum Gasteiger partial charge on any atom is 0.416 e. The highest BCUT2D eigenvalue weighted by Gasteiger charge is 2.30. The molecule has 0 spiro atoms. The zero-order chi connectivity index (χ0) is 23.3. The summed E-state index contributed by atoms with van der Waals surface area (Å²) in [6.07, 6.45) is -3.18. The van der Waals surface area contributed by atoms with Gasteiger partial charge < -0.3 is 4.74 Å². The van der Waals surface area contributed by atoms with Gasteiger partial charge in [-0.2, -0.15) is 18.3 Å². The number of halogens is 6. The number of carbonyl (C=O) groups excluding carboxylic acids is 1. The number of ether oxygens (including phenoxy) is 1. The summed E-state index contributed by atoms with van der Waals surface area (Å²) in [4.78, 5) is 12.1. The number of alkyl halides is 3. The van der Waals surface area contributed by atoms with E-state index in [1.165, 1.54) is 12.3 Å². The molecule has 0 heterocycles. The van der Waals surface area contributed by atoms with Crippen LogP contribution in [0.15, 0.2) is 70.2 Å². The van der Waals surface area contributed by atoms with Gasteiger partial charge in [-0.15, -0.1) is 0 Å². The zero-order valence-electron chi connectivity index (χ0n) is 16.1. The van der Waals surface area contributed by atoms with Crippen LogP contribution >= 0.6 is 39.1 Å². The number of hydrogen-bond acceptors (Lipinski definition) is 3. The van der Waals surface area contributed by atoms with E-state index < -0.39 is 17.6 Å². The first-order valence-electron chi connectivity index (χ1n) is 9.00. The Kier molecular flexibility index (Phi) is 7.82. The van der Waals surface area contributed by atoms with Crippen molar-refractivity contribution in [3.05, 3.63) is 97.4 Å². The topological polar surface area (TPSA) is 50.7 Å². The van der Waals surface area contributed by atoms with E-state index in [-0.39, 0.29) is 12.2 Å². The van der Waals surface area contributed by atoms with Crippen molar-refractivity contribution in [2.24, 2.45) is 5.10 Å². The second kappa shape index (κ2) is 10.4. The molecule has 0 radical (unpaired) electrons. The van der Waals surface area contributed by atoms with Crippen LogP contribution in [0.5, 0.6) is 5.75 Å². The highest BCUT2D eigenvalue weighted by atomic mass is 79.9. The summed E-state index contributed by atoms with van der Waals surface area (Å²) in [5.74, 6) is -0.201. The Bertz CT molecular complexity index is 1170. The average molecular weight is 546 g/mol. The maximum atomic E-state index is 12.8. The van der Waals surface area contributed by atoms with Crippen molar-refractivity contribution < 1.29 is 22.7 Å². The fourth-order valence-corrected chi connectivity index (χ4v) is 3.55. The Labute approximate surface area is 200 Å². The number of nitrogens with zero attached hydrogens (tertiary/aromatic N) is 1. The number of carbonyl (C=O) groups is 1. The van der Waals surface area contributed by atoms with Gasteiger partial charge in [0.25, 0.3) is 5.91 Å². The van der Waals surface area contributed by atoms with Crippen LogP contribution in [0.3, 0.4) is 0 Å². The Hall–Kier alpha value is -2.55. The van der Waals surface area contributed by atoms with Crippen molar-refractivity contribution in [1.29, 1.82) is 0 Å². The first-order chi connectivity index (χ1) is 15.1. The lowest BCUT2D eigenvalue weighted by atomic mass is 10.1. The third-order valence-electron chi connectivity index (χ3n) is 4.19. The van der Waals surface area contributed by atoms with Gasteiger partial charge in [-0.3, -0.25) is 4.79 Å². The Morgan fingerprint density at radius 3 is 2.56 bits per heavy atom.